The number of hydrogen-bond acceptors (Lipinski definition) is 3. The molecule has 1 aromatic rings. The molecule has 0 bridgehead atoms. The molecule has 1 heterocycles. The maximum atomic E-state index is 11.7. The van der Waals surface area contributed by atoms with Crippen LogP contribution in [0.3, 0.4) is 0 Å². The van der Waals surface area contributed by atoms with Crippen LogP contribution in [0, 0.1) is 13.8 Å². The van der Waals surface area contributed by atoms with Crippen molar-refractivity contribution in [3.05, 3.63) is 17.0 Å². The van der Waals surface area contributed by atoms with E-state index in [2.05, 4.69) is 20.4 Å². The number of amides is 1. The summed E-state index contributed by atoms with van der Waals surface area (Å²) in [6.07, 6.45) is 0.911. The molecule has 1 aromatic heterocycles. The normalized spacial score (nSPS) is 12.8. The van der Waals surface area contributed by atoms with Gasteiger partial charge in [0.05, 0.1) is 11.7 Å². The van der Waals surface area contributed by atoms with E-state index in [0.717, 1.165) is 24.4 Å². The number of nitrogens with zero attached hydrogens (tertiary/aromatic N) is 2. The summed E-state index contributed by atoms with van der Waals surface area (Å²) in [6, 6.07) is -0.0996. The summed E-state index contributed by atoms with van der Waals surface area (Å²) in [5.41, 5.74) is 3.42. The van der Waals surface area contributed by atoms with Gasteiger partial charge in [-0.25, -0.2) is 0 Å². The van der Waals surface area contributed by atoms with Gasteiger partial charge >= 0.3 is 0 Å². The summed E-state index contributed by atoms with van der Waals surface area (Å²) in [7, 11) is 1.98. The molecular formula is C13H24N4O. The summed E-state index contributed by atoms with van der Waals surface area (Å²) in [4.78, 5) is 13.8. The Balaban J connectivity index is 2.51. The van der Waals surface area contributed by atoms with Gasteiger partial charge in [-0.15, -0.1) is 0 Å². The quantitative estimate of drug-likeness (QED) is 0.795. The summed E-state index contributed by atoms with van der Waals surface area (Å²) >= 11 is 0. The molecule has 0 spiro atoms. The first-order valence-electron chi connectivity index (χ1n) is 6.45. The number of aromatic amines is 1. The van der Waals surface area contributed by atoms with Crippen molar-refractivity contribution in [2.45, 2.75) is 40.2 Å². The molecule has 0 aliphatic heterocycles. The zero-order valence-electron chi connectivity index (χ0n) is 12.0. The summed E-state index contributed by atoms with van der Waals surface area (Å²) < 4.78 is 0. The van der Waals surface area contributed by atoms with E-state index in [1.807, 2.05) is 34.7 Å². The number of likely N-dealkylation sites (N-methyl/N-ethyl adjacent to an activating group) is 2. The van der Waals surface area contributed by atoms with Crippen molar-refractivity contribution < 1.29 is 4.79 Å². The van der Waals surface area contributed by atoms with Crippen molar-refractivity contribution in [2.75, 3.05) is 20.1 Å². The van der Waals surface area contributed by atoms with E-state index in [-0.39, 0.29) is 11.9 Å². The van der Waals surface area contributed by atoms with Crippen LogP contribution in [-0.4, -0.2) is 47.2 Å². The number of aryl methyl sites for hydroxylation is 2. The van der Waals surface area contributed by atoms with Crippen LogP contribution < -0.4 is 5.32 Å². The molecule has 1 atom stereocenters. The van der Waals surface area contributed by atoms with Crippen molar-refractivity contribution in [1.29, 1.82) is 0 Å². The Kier molecular flexibility index (Phi) is 5.34. The van der Waals surface area contributed by atoms with E-state index in [1.165, 1.54) is 5.56 Å². The van der Waals surface area contributed by atoms with Gasteiger partial charge in [0.2, 0.25) is 5.91 Å². The second-order valence-electron chi connectivity index (χ2n) is 4.71. The fourth-order valence-corrected chi connectivity index (χ4v) is 1.95. The van der Waals surface area contributed by atoms with Crippen LogP contribution in [0.1, 0.15) is 30.8 Å². The number of carbonyl (C=O) groups is 1. The lowest BCUT2D eigenvalue weighted by molar-refractivity contribution is -0.125. The van der Waals surface area contributed by atoms with Gasteiger partial charge in [0.25, 0.3) is 0 Å². The van der Waals surface area contributed by atoms with Crippen LogP contribution in [0.15, 0.2) is 0 Å². The Morgan fingerprint density at radius 3 is 2.67 bits per heavy atom. The number of hydrogen-bond donors (Lipinski definition) is 2. The molecule has 0 saturated heterocycles. The Hall–Kier alpha value is -1.36. The smallest absolute Gasteiger partial charge is 0.237 e. The SMILES string of the molecule is CCNC(=O)[C@@H](C)N(C)CCc1c(C)n[nH]c1C. The Bertz CT molecular complexity index is 380. The third-order valence-corrected chi connectivity index (χ3v) is 3.39. The molecule has 0 radical (unpaired) electrons. The van der Waals surface area contributed by atoms with Crippen molar-refractivity contribution in [1.82, 2.24) is 20.4 Å². The highest BCUT2D eigenvalue weighted by Crippen LogP contribution is 2.11. The molecule has 0 unspecified atom stereocenters. The van der Waals surface area contributed by atoms with Crippen LogP contribution in [0.2, 0.25) is 0 Å². The molecule has 5 nitrogen and oxygen atoms in total. The number of H-pyrrole nitrogens is 1. The van der Waals surface area contributed by atoms with Gasteiger partial charge in [0, 0.05) is 18.8 Å². The summed E-state index contributed by atoms with van der Waals surface area (Å²) in [5.74, 6) is 0.0839. The van der Waals surface area contributed by atoms with E-state index in [9.17, 15) is 4.79 Å². The average molecular weight is 252 g/mol. The van der Waals surface area contributed by atoms with Crippen LogP contribution in [0.25, 0.3) is 0 Å². The molecule has 102 valence electrons. The highest BCUT2D eigenvalue weighted by atomic mass is 16.2. The largest absolute Gasteiger partial charge is 0.355 e. The van der Waals surface area contributed by atoms with Gasteiger partial charge in [0.1, 0.15) is 0 Å². The number of carbonyl (C=O) groups excluding carboxylic acids is 1. The highest BCUT2D eigenvalue weighted by molar-refractivity contribution is 5.81. The highest BCUT2D eigenvalue weighted by Gasteiger charge is 2.17. The molecule has 0 aliphatic rings. The van der Waals surface area contributed by atoms with Gasteiger partial charge in [-0.3, -0.25) is 14.8 Å². The number of aromatic nitrogens is 2. The lowest BCUT2D eigenvalue weighted by atomic mass is 10.1. The molecule has 0 fully saturated rings. The van der Waals surface area contributed by atoms with Gasteiger partial charge in [-0.05, 0) is 46.7 Å². The monoisotopic (exact) mass is 252 g/mol. The van der Waals surface area contributed by atoms with E-state index < -0.39 is 0 Å². The van der Waals surface area contributed by atoms with Crippen molar-refractivity contribution in [3.63, 3.8) is 0 Å². The third kappa shape index (κ3) is 3.57. The van der Waals surface area contributed by atoms with Gasteiger partial charge < -0.3 is 5.32 Å². The molecule has 0 saturated carbocycles. The Morgan fingerprint density at radius 1 is 1.50 bits per heavy atom. The fraction of sp³-hybridized carbons (Fsp3) is 0.692. The van der Waals surface area contributed by atoms with Crippen molar-refractivity contribution in [3.8, 4) is 0 Å². The standard InChI is InChI=1S/C13H24N4O/c1-6-14-13(18)11(4)17(5)8-7-12-9(2)15-16-10(12)3/h11H,6-8H2,1-5H3,(H,14,18)(H,15,16)/t11-/m1/s1. The van der Waals surface area contributed by atoms with Crippen LogP contribution in [-0.2, 0) is 11.2 Å². The first-order chi connectivity index (χ1) is 8.47. The predicted molar refractivity (Wildman–Crippen MR) is 72.5 cm³/mol. The van der Waals surface area contributed by atoms with Crippen molar-refractivity contribution >= 4 is 5.91 Å². The van der Waals surface area contributed by atoms with Gasteiger partial charge in [-0.1, -0.05) is 0 Å². The lowest BCUT2D eigenvalue weighted by Gasteiger charge is -2.23. The lowest BCUT2D eigenvalue weighted by Crippen LogP contribution is -2.43. The van der Waals surface area contributed by atoms with E-state index in [1.54, 1.807) is 0 Å². The predicted octanol–water partition coefficient (Wildman–Crippen LogP) is 1.03. The molecule has 0 aromatic carbocycles. The van der Waals surface area contributed by atoms with E-state index >= 15 is 0 Å². The molecule has 5 heteroatoms. The maximum absolute atomic E-state index is 11.7. The average Bonchev–Trinajstić information content (AvgIpc) is 2.65. The van der Waals surface area contributed by atoms with Gasteiger partial charge in [-0.2, -0.15) is 5.10 Å². The van der Waals surface area contributed by atoms with Crippen molar-refractivity contribution in [2.24, 2.45) is 0 Å². The van der Waals surface area contributed by atoms with Crippen LogP contribution in [0.4, 0.5) is 0 Å². The van der Waals surface area contributed by atoms with Crippen LogP contribution >= 0.6 is 0 Å². The summed E-state index contributed by atoms with van der Waals surface area (Å²) in [5, 5.41) is 10.0. The first kappa shape index (κ1) is 14.7. The third-order valence-electron chi connectivity index (χ3n) is 3.39. The zero-order chi connectivity index (χ0) is 13.7. The zero-order valence-corrected chi connectivity index (χ0v) is 12.0. The molecular weight excluding hydrogens is 228 g/mol. The molecule has 2 N–H and O–H groups in total. The van der Waals surface area contributed by atoms with E-state index in [0.29, 0.717) is 6.54 Å². The molecule has 1 amide bonds. The number of rotatable bonds is 6. The Morgan fingerprint density at radius 2 is 2.17 bits per heavy atom. The van der Waals surface area contributed by atoms with Gasteiger partial charge in [0.15, 0.2) is 0 Å². The minimum Gasteiger partial charge on any atom is -0.355 e. The second-order valence-corrected chi connectivity index (χ2v) is 4.71. The maximum Gasteiger partial charge on any atom is 0.237 e. The molecule has 18 heavy (non-hydrogen) atoms. The first-order valence-corrected chi connectivity index (χ1v) is 6.45. The fourth-order valence-electron chi connectivity index (χ4n) is 1.95. The minimum atomic E-state index is -0.0996. The minimum absolute atomic E-state index is 0.0839. The Labute approximate surface area is 109 Å². The molecule has 1 rings (SSSR count). The second kappa shape index (κ2) is 6.54. The van der Waals surface area contributed by atoms with Crippen LogP contribution in [0.5, 0.6) is 0 Å². The molecule has 0 aliphatic carbocycles. The number of nitrogens with one attached hydrogen (secondary N) is 2. The topological polar surface area (TPSA) is 61.0 Å². The summed E-state index contributed by atoms with van der Waals surface area (Å²) in [6.45, 7) is 9.42. The van der Waals surface area contributed by atoms with E-state index in [4.69, 9.17) is 0 Å².